The van der Waals surface area contributed by atoms with Crippen molar-refractivity contribution in [2.75, 3.05) is 13.6 Å². The van der Waals surface area contributed by atoms with Gasteiger partial charge in [-0.05, 0) is 51.6 Å². The molecule has 2 saturated carbocycles. The Morgan fingerprint density at radius 1 is 1.21 bits per heavy atom. The maximum absolute atomic E-state index is 11.6. The molecule has 4 heteroatoms. The zero-order chi connectivity index (χ0) is 13.9. The van der Waals surface area contributed by atoms with Crippen LogP contribution in [0.15, 0.2) is 0 Å². The van der Waals surface area contributed by atoms with E-state index in [2.05, 4.69) is 11.9 Å². The smallest absolute Gasteiger partial charge is 0.237 e. The predicted molar refractivity (Wildman–Crippen MR) is 77.6 cm³/mol. The van der Waals surface area contributed by atoms with Crippen molar-refractivity contribution in [2.45, 2.75) is 69.4 Å². The Balaban J connectivity index is 1.82. The van der Waals surface area contributed by atoms with E-state index in [4.69, 9.17) is 11.5 Å². The zero-order valence-corrected chi connectivity index (χ0v) is 12.2. The number of carbonyl (C=O) groups is 1. The van der Waals surface area contributed by atoms with E-state index in [1.807, 2.05) is 0 Å². The van der Waals surface area contributed by atoms with Crippen molar-refractivity contribution in [2.24, 2.45) is 17.4 Å². The molecule has 2 atom stereocenters. The molecule has 110 valence electrons. The summed E-state index contributed by atoms with van der Waals surface area (Å²) in [6.07, 6.45) is 10.6. The van der Waals surface area contributed by atoms with Crippen LogP contribution in [0.5, 0.6) is 0 Å². The van der Waals surface area contributed by atoms with Gasteiger partial charge in [0.2, 0.25) is 5.91 Å². The van der Waals surface area contributed by atoms with Crippen LogP contribution in [0.25, 0.3) is 0 Å². The Morgan fingerprint density at radius 3 is 2.53 bits per heavy atom. The summed E-state index contributed by atoms with van der Waals surface area (Å²) in [4.78, 5) is 14.0. The summed E-state index contributed by atoms with van der Waals surface area (Å²) in [5.74, 6) is -0.0358. The SMILES string of the molecule is CN(CCC1CCCC1(N)C(N)=O)C1CCCCC1. The monoisotopic (exact) mass is 267 g/mol. The van der Waals surface area contributed by atoms with Gasteiger partial charge in [-0.1, -0.05) is 25.7 Å². The van der Waals surface area contributed by atoms with Gasteiger partial charge in [-0.2, -0.15) is 0 Å². The Bertz CT molecular complexity index is 315. The van der Waals surface area contributed by atoms with Gasteiger partial charge >= 0.3 is 0 Å². The molecule has 1 amide bonds. The Labute approximate surface area is 116 Å². The second-order valence-electron chi connectivity index (χ2n) is 6.55. The van der Waals surface area contributed by atoms with Crippen LogP contribution in [0.1, 0.15) is 57.8 Å². The minimum absolute atomic E-state index is 0.274. The van der Waals surface area contributed by atoms with Gasteiger partial charge in [-0.3, -0.25) is 4.79 Å². The summed E-state index contributed by atoms with van der Waals surface area (Å²) >= 11 is 0. The molecule has 2 rings (SSSR count). The number of amides is 1. The summed E-state index contributed by atoms with van der Waals surface area (Å²) in [6, 6.07) is 0.732. The Morgan fingerprint density at radius 2 is 1.89 bits per heavy atom. The first-order valence-electron chi connectivity index (χ1n) is 7.83. The standard InChI is InChI=1S/C15H29N3O/c1-18(13-7-3-2-4-8-13)11-9-12-6-5-10-15(12,17)14(16)19/h12-13H,2-11,17H2,1H3,(H2,16,19). The lowest BCUT2D eigenvalue weighted by Gasteiger charge is -2.34. The number of nitrogens with two attached hydrogens (primary N) is 2. The first-order chi connectivity index (χ1) is 9.04. The molecule has 0 spiro atoms. The summed E-state index contributed by atoms with van der Waals surface area (Å²) < 4.78 is 0. The molecule has 0 aliphatic heterocycles. The third kappa shape index (κ3) is 3.29. The molecule has 0 aromatic rings. The fourth-order valence-electron chi connectivity index (χ4n) is 3.89. The molecule has 0 aromatic carbocycles. The van der Waals surface area contributed by atoms with Crippen molar-refractivity contribution in [3.05, 3.63) is 0 Å². The minimum atomic E-state index is -0.743. The van der Waals surface area contributed by atoms with E-state index in [0.717, 1.165) is 38.3 Å². The Hall–Kier alpha value is -0.610. The van der Waals surface area contributed by atoms with E-state index in [1.165, 1.54) is 32.1 Å². The van der Waals surface area contributed by atoms with Gasteiger partial charge in [0.05, 0.1) is 5.54 Å². The molecule has 2 aliphatic carbocycles. The molecule has 2 fully saturated rings. The van der Waals surface area contributed by atoms with Gasteiger partial charge in [0.1, 0.15) is 0 Å². The second kappa shape index (κ2) is 6.23. The molecule has 4 N–H and O–H groups in total. The molecule has 0 saturated heterocycles. The molecule has 2 unspecified atom stereocenters. The maximum Gasteiger partial charge on any atom is 0.237 e. The van der Waals surface area contributed by atoms with Crippen LogP contribution < -0.4 is 11.5 Å². The van der Waals surface area contributed by atoms with Crippen LogP contribution in [0.3, 0.4) is 0 Å². The van der Waals surface area contributed by atoms with Gasteiger partial charge in [0, 0.05) is 6.04 Å². The molecule has 4 nitrogen and oxygen atoms in total. The highest BCUT2D eigenvalue weighted by atomic mass is 16.1. The lowest BCUT2D eigenvalue weighted by atomic mass is 9.84. The number of hydrogen-bond acceptors (Lipinski definition) is 3. The minimum Gasteiger partial charge on any atom is -0.368 e. The van der Waals surface area contributed by atoms with Crippen molar-refractivity contribution in [3.8, 4) is 0 Å². The highest BCUT2D eigenvalue weighted by Crippen LogP contribution is 2.36. The summed E-state index contributed by atoms with van der Waals surface area (Å²) in [7, 11) is 2.22. The first-order valence-corrected chi connectivity index (χ1v) is 7.83. The van der Waals surface area contributed by atoms with Crippen molar-refractivity contribution in [1.29, 1.82) is 0 Å². The molecule has 0 radical (unpaired) electrons. The van der Waals surface area contributed by atoms with Gasteiger partial charge in [-0.25, -0.2) is 0 Å². The predicted octanol–water partition coefficient (Wildman–Crippen LogP) is 1.62. The average molecular weight is 267 g/mol. The fourth-order valence-corrected chi connectivity index (χ4v) is 3.89. The van der Waals surface area contributed by atoms with E-state index in [-0.39, 0.29) is 11.8 Å². The van der Waals surface area contributed by atoms with E-state index in [9.17, 15) is 4.79 Å². The normalized spacial score (nSPS) is 32.9. The largest absolute Gasteiger partial charge is 0.368 e. The average Bonchev–Trinajstić information content (AvgIpc) is 2.80. The first kappa shape index (κ1) is 14.8. The van der Waals surface area contributed by atoms with Gasteiger partial charge in [0.25, 0.3) is 0 Å². The zero-order valence-electron chi connectivity index (χ0n) is 12.2. The van der Waals surface area contributed by atoms with Crippen LogP contribution in [0.2, 0.25) is 0 Å². The molecule has 0 bridgehead atoms. The fraction of sp³-hybridized carbons (Fsp3) is 0.933. The quantitative estimate of drug-likeness (QED) is 0.795. The molecule has 0 heterocycles. The maximum atomic E-state index is 11.6. The van der Waals surface area contributed by atoms with Gasteiger partial charge < -0.3 is 16.4 Å². The third-order valence-electron chi connectivity index (χ3n) is 5.36. The van der Waals surface area contributed by atoms with Crippen LogP contribution in [0, 0.1) is 5.92 Å². The van der Waals surface area contributed by atoms with Gasteiger partial charge in [0.15, 0.2) is 0 Å². The van der Waals surface area contributed by atoms with Crippen molar-refractivity contribution in [1.82, 2.24) is 4.90 Å². The van der Waals surface area contributed by atoms with Gasteiger partial charge in [-0.15, -0.1) is 0 Å². The van der Waals surface area contributed by atoms with Crippen molar-refractivity contribution in [3.63, 3.8) is 0 Å². The molecule has 19 heavy (non-hydrogen) atoms. The van der Waals surface area contributed by atoms with E-state index < -0.39 is 5.54 Å². The lowest BCUT2D eigenvalue weighted by molar-refractivity contribution is -0.124. The lowest BCUT2D eigenvalue weighted by Crippen LogP contribution is -2.55. The number of nitrogens with zero attached hydrogens (tertiary/aromatic N) is 1. The van der Waals surface area contributed by atoms with Crippen LogP contribution in [-0.4, -0.2) is 36.0 Å². The highest BCUT2D eigenvalue weighted by Gasteiger charge is 2.44. The second-order valence-corrected chi connectivity index (χ2v) is 6.55. The topological polar surface area (TPSA) is 72.3 Å². The molecular formula is C15H29N3O. The molecule has 2 aliphatic rings. The van der Waals surface area contributed by atoms with Crippen molar-refractivity contribution < 1.29 is 4.79 Å². The molecule has 0 aromatic heterocycles. The number of carbonyl (C=O) groups excluding carboxylic acids is 1. The number of hydrogen-bond donors (Lipinski definition) is 2. The Kier molecular flexibility index (Phi) is 4.85. The number of rotatable bonds is 5. The highest BCUT2D eigenvalue weighted by molar-refractivity contribution is 5.85. The van der Waals surface area contributed by atoms with Crippen LogP contribution in [-0.2, 0) is 4.79 Å². The summed E-state index contributed by atoms with van der Waals surface area (Å²) in [5, 5.41) is 0. The van der Waals surface area contributed by atoms with Crippen LogP contribution in [0.4, 0.5) is 0 Å². The van der Waals surface area contributed by atoms with E-state index in [1.54, 1.807) is 0 Å². The summed E-state index contributed by atoms with van der Waals surface area (Å²) in [5.41, 5.74) is 11.0. The number of primary amides is 1. The van der Waals surface area contributed by atoms with E-state index in [0.29, 0.717) is 0 Å². The summed E-state index contributed by atoms with van der Waals surface area (Å²) in [6.45, 7) is 1.04. The third-order valence-corrected chi connectivity index (χ3v) is 5.36. The van der Waals surface area contributed by atoms with E-state index >= 15 is 0 Å². The van der Waals surface area contributed by atoms with Crippen molar-refractivity contribution >= 4 is 5.91 Å². The van der Waals surface area contributed by atoms with Crippen LogP contribution >= 0.6 is 0 Å². The molecular weight excluding hydrogens is 238 g/mol.